The zero-order chi connectivity index (χ0) is 11.4. The maximum Gasteiger partial charge on any atom is 0.222 e. The Morgan fingerprint density at radius 1 is 1.50 bits per heavy atom. The Labute approximate surface area is 94.2 Å². The van der Waals surface area contributed by atoms with Crippen LogP contribution in [0.25, 0.3) is 0 Å². The van der Waals surface area contributed by atoms with Crippen molar-refractivity contribution in [3.63, 3.8) is 0 Å². The minimum Gasteiger partial charge on any atom is -0.378 e. The number of hydrogen-bond acceptors (Lipinski definition) is 4. The van der Waals surface area contributed by atoms with Gasteiger partial charge in [-0.15, -0.1) is 0 Å². The summed E-state index contributed by atoms with van der Waals surface area (Å²) in [5.74, 6) is 0.558. The van der Waals surface area contributed by atoms with Crippen LogP contribution in [0.1, 0.15) is 19.8 Å². The van der Waals surface area contributed by atoms with Crippen LogP contribution in [-0.2, 0) is 4.74 Å². The number of nitrogens with zero attached hydrogens (tertiary/aromatic N) is 2. The molecule has 1 saturated heterocycles. The Bertz CT molecular complexity index is 331. The van der Waals surface area contributed by atoms with Crippen LogP contribution in [0.5, 0.6) is 0 Å². The van der Waals surface area contributed by atoms with Crippen LogP contribution in [0.2, 0.25) is 0 Å². The van der Waals surface area contributed by atoms with Gasteiger partial charge in [0.05, 0.1) is 18.5 Å². The van der Waals surface area contributed by atoms with Crippen LogP contribution in [0.4, 0.5) is 10.3 Å². The number of ether oxygens (including phenoxy) is 1. The number of hydrogen-bond donors (Lipinski definition) is 1. The molecule has 1 aromatic rings. The molecular weight excluding hydrogens is 209 g/mol. The molecule has 0 amide bonds. The highest BCUT2D eigenvalue weighted by atomic mass is 19.1. The molecule has 2 unspecified atom stereocenters. The fraction of sp³-hybridized carbons (Fsp3) is 0.636. The van der Waals surface area contributed by atoms with Gasteiger partial charge in [0.25, 0.3) is 0 Å². The number of rotatable bonds is 4. The van der Waals surface area contributed by atoms with Gasteiger partial charge in [0.2, 0.25) is 5.95 Å². The number of nitrogens with one attached hydrogen (secondary N) is 1. The molecule has 1 N–H and O–H groups in total. The maximum absolute atomic E-state index is 12.6. The zero-order valence-corrected chi connectivity index (χ0v) is 9.32. The van der Waals surface area contributed by atoms with Crippen molar-refractivity contribution in [3.8, 4) is 0 Å². The SMILES string of the molecule is CCC1OCCC1CNc1ncc(F)cn1. The molecule has 0 bridgehead atoms. The van der Waals surface area contributed by atoms with Crippen LogP contribution in [-0.4, -0.2) is 29.2 Å². The second kappa shape index (κ2) is 5.21. The van der Waals surface area contributed by atoms with Gasteiger partial charge < -0.3 is 10.1 Å². The molecule has 1 fully saturated rings. The average molecular weight is 225 g/mol. The Kier molecular flexibility index (Phi) is 3.66. The largest absolute Gasteiger partial charge is 0.378 e. The fourth-order valence-corrected chi connectivity index (χ4v) is 2.00. The third-order valence-corrected chi connectivity index (χ3v) is 2.89. The highest BCUT2D eigenvalue weighted by Gasteiger charge is 2.26. The van der Waals surface area contributed by atoms with E-state index in [1.165, 1.54) is 0 Å². The first-order chi connectivity index (χ1) is 7.79. The molecule has 1 aromatic heterocycles. The lowest BCUT2D eigenvalue weighted by Crippen LogP contribution is -2.23. The Hall–Kier alpha value is -1.23. The summed E-state index contributed by atoms with van der Waals surface area (Å²) in [6, 6.07) is 0. The van der Waals surface area contributed by atoms with Gasteiger partial charge in [-0.25, -0.2) is 14.4 Å². The van der Waals surface area contributed by atoms with Crippen molar-refractivity contribution in [3.05, 3.63) is 18.2 Å². The molecule has 88 valence electrons. The lowest BCUT2D eigenvalue weighted by Gasteiger charge is -2.16. The predicted molar refractivity (Wildman–Crippen MR) is 58.6 cm³/mol. The molecule has 0 saturated carbocycles. The summed E-state index contributed by atoms with van der Waals surface area (Å²) >= 11 is 0. The monoisotopic (exact) mass is 225 g/mol. The molecule has 1 aliphatic heterocycles. The summed E-state index contributed by atoms with van der Waals surface area (Å²) in [6.45, 7) is 3.73. The molecule has 0 aromatic carbocycles. The van der Waals surface area contributed by atoms with Crippen LogP contribution < -0.4 is 5.32 Å². The second-order valence-electron chi connectivity index (χ2n) is 3.97. The van der Waals surface area contributed by atoms with Gasteiger partial charge >= 0.3 is 0 Å². The van der Waals surface area contributed by atoms with Gasteiger partial charge in [0.1, 0.15) is 0 Å². The summed E-state index contributed by atoms with van der Waals surface area (Å²) in [4.78, 5) is 7.70. The van der Waals surface area contributed by atoms with Gasteiger partial charge in [-0.1, -0.05) is 6.92 Å². The minimum atomic E-state index is -0.416. The van der Waals surface area contributed by atoms with Gasteiger partial charge in [-0.05, 0) is 12.8 Å². The highest BCUT2D eigenvalue weighted by molar-refractivity contribution is 5.22. The number of anilines is 1. The van der Waals surface area contributed by atoms with Crippen LogP contribution in [0, 0.1) is 11.7 Å². The molecule has 0 spiro atoms. The number of halogens is 1. The van der Waals surface area contributed by atoms with Gasteiger partial charge in [0.15, 0.2) is 5.82 Å². The van der Waals surface area contributed by atoms with Crippen molar-refractivity contribution in [2.75, 3.05) is 18.5 Å². The Morgan fingerprint density at radius 2 is 2.25 bits per heavy atom. The van der Waals surface area contributed by atoms with E-state index < -0.39 is 5.82 Å². The van der Waals surface area contributed by atoms with Gasteiger partial charge in [-0.3, -0.25) is 0 Å². The van der Waals surface area contributed by atoms with E-state index in [-0.39, 0.29) is 0 Å². The van der Waals surface area contributed by atoms with E-state index in [0.717, 1.165) is 38.4 Å². The second-order valence-corrected chi connectivity index (χ2v) is 3.97. The molecule has 2 heterocycles. The van der Waals surface area contributed by atoms with Gasteiger partial charge in [0, 0.05) is 19.1 Å². The first-order valence-electron chi connectivity index (χ1n) is 5.62. The third-order valence-electron chi connectivity index (χ3n) is 2.89. The maximum atomic E-state index is 12.6. The average Bonchev–Trinajstić information content (AvgIpc) is 2.76. The van der Waals surface area contributed by atoms with Crippen molar-refractivity contribution in [2.24, 2.45) is 5.92 Å². The first-order valence-corrected chi connectivity index (χ1v) is 5.62. The van der Waals surface area contributed by atoms with E-state index in [1.807, 2.05) is 0 Å². The van der Waals surface area contributed by atoms with E-state index in [2.05, 4.69) is 22.2 Å². The van der Waals surface area contributed by atoms with Crippen molar-refractivity contribution in [1.82, 2.24) is 9.97 Å². The first kappa shape index (κ1) is 11.3. The lowest BCUT2D eigenvalue weighted by molar-refractivity contribution is 0.0900. The van der Waals surface area contributed by atoms with Crippen molar-refractivity contribution in [2.45, 2.75) is 25.9 Å². The third kappa shape index (κ3) is 2.66. The summed E-state index contributed by atoms with van der Waals surface area (Å²) in [5, 5.41) is 3.11. The molecule has 1 aliphatic rings. The van der Waals surface area contributed by atoms with E-state index in [0.29, 0.717) is 18.0 Å². The molecular formula is C11H16FN3O. The predicted octanol–water partition coefficient (Wildman–Crippen LogP) is 1.84. The Balaban J connectivity index is 1.85. The summed E-state index contributed by atoms with van der Waals surface area (Å²) < 4.78 is 18.2. The standard InChI is InChI=1S/C11H16FN3O/c1-2-10-8(3-4-16-10)5-13-11-14-6-9(12)7-15-11/h6-8,10H,2-5H2,1H3,(H,13,14,15). The van der Waals surface area contributed by atoms with E-state index in [1.54, 1.807) is 0 Å². The van der Waals surface area contributed by atoms with Crippen molar-refractivity contribution < 1.29 is 9.13 Å². The van der Waals surface area contributed by atoms with Crippen LogP contribution in [0.3, 0.4) is 0 Å². The van der Waals surface area contributed by atoms with E-state index in [4.69, 9.17) is 4.74 Å². The Morgan fingerprint density at radius 3 is 2.94 bits per heavy atom. The molecule has 0 radical (unpaired) electrons. The van der Waals surface area contributed by atoms with Crippen molar-refractivity contribution >= 4 is 5.95 Å². The minimum absolute atomic E-state index is 0.327. The zero-order valence-electron chi connectivity index (χ0n) is 9.32. The molecule has 4 nitrogen and oxygen atoms in total. The van der Waals surface area contributed by atoms with E-state index in [9.17, 15) is 4.39 Å². The van der Waals surface area contributed by atoms with Crippen LogP contribution >= 0.6 is 0 Å². The molecule has 5 heteroatoms. The lowest BCUT2D eigenvalue weighted by atomic mass is 10.00. The molecule has 0 aliphatic carbocycles. The number of aromatic nitrogens is 2. The highest BCUT2D eigenvalue weighted by Crippen LogP contribution is 2.23. The van der Waals surface area contributed by atoms with Crippen molar-refractivity contribution in [1.29, 1.82) is 0 Å². The summed E-state index contributed by atoms with van der Waals surface area (Å²) in [5.41, 5.74) is 0. The summed E-state index contributed by atoms with van der Waals surface area (Å²) in [6.07, 6.45) is 4.74. The van der Waals surface area contributed by atoms with Crippen LogP contribution in [0.15, 0.2) is 12.4 Å². The van der Waals surface area contributed by atoms with E-state index >= 15 is 0 Å². The fourth-order valence-electron chi connectivity index (χ4n) is 2.00. The van der Waals surface area contributed by atoms with Gasteiger partial charge in [-0.2, -0.15) is 0 Å². The molecule has 16 heavy (non-hydrogen) atoms. The molecule has 2 atom stereocenters. The smallest absolute Gasteiger partial charge is 0.222 e. The molecule has 2 rings (SSSR count). The normalized spacial score (nSPS) is 24.6. The topological polar surface area (TPSA) is 47.0 Å². The quantitative estimate of drug-likeness (QED) is 0.849. The summed E-state index contributed by atoms with van der Waals surface area (Å²) in [7, 11) is 0.